The van der Waals surface area contributed by atoms with Gasteiger partial charge in [-0.2, -0.15) is 26.3 Å². The number of carbonyl (C=O) groups excluding carboxylic acids is 1. The zero-order valence-corrected chi connectivity index (χ0v) is 21.0. The first-order valence-corrected chi connectivity index (χ1v) is 12.3. The molecule has 2 fully saturated rings. The summed E-state index contributed by atoms with van der Waals surface area (Å²) in [5.74, 6) is -0.876. The quantitative estimate of drug-likeness (QED) is 0.247. The van der Waals surface area contributed by atoms with Gasteiger partial charge in [-0.3, -0.25) is 4.79 Å². The monoisotopic (exact) mass is 537 g/mol. The molecule has 6 nitrogen and oxygen atoms in total. The van der Waals surface area contributed by atoms with Crippen LogP contribution in [0.5, 0.6) is 0 Å². The smallest absolute Gasteiger partial charge is 0.416 e. The number of rotatable bonds is 7. The van der Waals surface area contributed by atoms with Gasteiger partial charge in [0.05, 0.1) is 37.4 Å². The number of hydrogen-bond acceptors (Lipinski definition) is 4. The summed E-state index contributed by atoms with van der Waals surface area (Å²) < 4.78 is 86.0. The second-order valence-corrected chi connectivity index (χ2v) is 10.7. The molecule has 37 heavy (non-hydrogen) atoms. The molecule has 1 amide bonds. The third kappa shape index (κ3) is 7.16. The summed E-state index contributed by atoms with van der Waals surface area (Å²) in [6.07, 6.45) is -9.04. The molecule has 2 aliphatic heterocycles. The lowest BCUT2D eigenvalue weighted by Gasteiger charge is -2.50. The Balaban J connectivity index is 1.98. The van der Waals surface area contributed by atoms with E-state index in [0.717, 1.165) is 0 Å². The van der Waals surface area contributed by atoms with Crippen molar-refractivity contribution in [2.45, 2.75) is 52.0 Å². The van der Waals surface area contributed by atoms with Gasteiger partial charge in [-0.15, -0.1) is 0 Å². The molecule has 208 valence electrons. The highest BCUT2D eigenvalue weighted by Gasteiger charge is 2.45. The maximum atomic E-state index is 13.5. The minimum Gasteiger partial charge on any atom is -0.862 e. The van der Waals surface area contributed by atoms with Crippen LogP contribution in [0, 0.1) is 16.7 Å². The molecule has 0 aromatic heterocycles. The van der Waals surface area contributed by atoms with Crippen LogP contribution < -0.4 is 5.11 Å². The number of halogens is 6. The number of piperidine rings is 1. The fourth-order valence-electron chi connectivity index (χ4n) is 5.51. The van der Waals surface area contributed by atoms with Crippen molar-refractivity contribution < 1.29 is 45.5 Å². The Labute approximate surface area is 212 Å². The zero-order chi connectivity index (χ0) is 27.6. The molecule has 0 bridgehead atoms. The van der Waals surface area contributed by atoms with Gasteiger partial charge in [0.25, 0.3) is 5.91 Å². The first-order chi connectivity index (χ1) is 17.1. The van der Waals surface area contributed by atoms with Crippen molar-refractivity contribution in [2.24, 2.45) is 11.3 Å². The van der Waals surface area contributed by atoms with E-state index in [-0.39, 0.29) is 67.0 Å². The average molecular weight is 538 g/mol. The summed E-state index contributed by atoms with van der Waals surface area (Å²) in [6.45, 7) is 5.25. The van der Waals surface area contributed by atoms with E-state index in [1.807, 2.05) is 13.8 Å². The number of nitrogens with one attached hydrogen (secondary N) is 1. The van der Waals surface area contributed by atoms with E-state index in [0.29, 0.717) is 44.9 Å². The van der Waals surface area contributed by atoms with Gasteiger partial charge in [0.1, 0.15) is 6.54 Å². The zero-order valence-electron chi connectivity index (χ0n) is 21.0. The predicted molar refractivity (Wildman–Crippen MR) is 121 cm³/mol. The second kappa shape index (κ2) is 10.8. The van der Waals surface area contributed by atoms with Crippen molar-refractivity contribution in [3.05, 3.63) is 34.9 Å². The summed E-state index contributed by atoms with van der Waals surface area (Å²) in [7, 11) is 0. The van der Waals surface area contributed by atoms with E-state index in [2.05, 4.69) is 0 Å². The molecule has 12 heteroatoms. The minimum atomic E-state index is -4.98. The number of benzene rings is 1. The number of alkyl halides is 6. The van der Waals surface area contributed by atoms with Crippen molar-refractivity contribution in [1.82, 2.24) is 4.90 Å². The van der Waals surface area contributed by atoms with Crippen LogP contribution in [-0.2, 0) is 28.4 Å². The number of quaternary nitrogens is 1. The van der Waals surface area contributed by atoms with E-state index < -0.39 is 34.8 Å². The van der Waals surface area contributed by atoms with E-state index >= 15 is 0 Å². The van der Waals surface area contributed by atoms with Crippen molar-refractivity contribution >= 4 is 11.8 Å². The Morgan fingerprint density at radius 2 is 1.57 bits per heavy atom. The highest BCUT2D eigenvalue weighted by molar-refractivity contribution is 5.78. The molecular formula is C25H33F6N3O3. The van der Waals surface area contributed by atoms with Crippen LogP contribution >= 0.6 is 0 Å². The minimum absolute atomic E-state index is 0.0814. The Bertz CT molecular complexity index is 947. The van der Waals surface area contributed by atoms with E-state index in [1.165, 1.54) is 0 Å². The molecule has 2 saturated heterocycles. The van der Waals surface area contributed by atoms with Crippen LogP contribution in [-0.4, -0.2) is 67.1 Å². The molecule has 0 saturated carbocycles. The summed E-state index contributed by atoms with van der Waals surface area (Å²) in [5, 5.41) is 20.2. The SMILES string of the molecule is CC(C)CC1(C(=N)[O-])CC[N+](CC(=O)N2CCOCC2)(Cc2cc(C(F)(F)F)cc(C(F)(F)F)c2)CC1. The van der Waals surface area contributed by atoms with Gasteiger partial charge in [0.2, 0.25) is 0 Å². The van der Waals surface area contributed by atoms with Crippen molar-refractivity contribution in [3.63, 3.8) is 0 Å². The van der Waals surface area contributed by atoms with Crippen LogP contribution in [0.4, 0.5) is 26.3 Å². The number of morpholine rings is 1. The fourth-order valence-corrected chi connectivity index (χ4v) is 5.51. The molecule has 2 heterocycles. The second-order valence-electron chi connectivity index (χ2n) is 10.7. The van der Waals surface area contributed by atoms with Crippen molar-refractivity contribution in [1.29, 1.82) is 5.41 Å². The van der Waals surface area contributed by atoms with E-state index in [4.69, 9.17) is 10.1 Å². The van der Waals surface area contributed by atoms with E-state index in [1.54, 1.807) is 4.90 Å². The Morgan fingerprint density at radius 1 is 1.05 bits per heavy atom. The number of hydrogen-bond donors (Lipinski definition) is 1. The molecular weight excluding hydrogens is 504 g/mol. The van der Waals surface area contributed by atoms with Gasteiger partial charge >= 0.3 is 12.4 Å². The molecule has 0 atom stereocenters. The van der Waals surface area contributed by atoms with Gasteiger partial charge in [0.15, 0.2) is 6.54 Å². The van der Waals surface area contributed by atoms with Gasteiger partial charge in [-0.05, 0) is 36.4 Å². The predicted octanol–water partition coefficient (Wildman–Crippen LogP) is 4.06. The highest BCUT2D eigenvalue weighted by Crippen LogP contribution is 2.42. The lowest BCUT2D eigenvalue weighted by atomic mass is 9.71. The maximum Gasteiger partial charge on any atom is 0.416 e. The van der Waals surface area contributed by atoms with Crippen LogP contribution in [0.25, 0.3) is 0 Å². The Morgan fingerprint density at radius 3 is 2.00 bits per heavy atom. The summed E-state index contributed by atoms with van der Waals surface area (Å²) in [6, 6.07) is 1.51. The van der Waals surface area contributed by atoms with Crippen molar-refractivity contribution in [2.75, 3.05) is 45.9 Å². The largest absolute Gasteiger partial charge is 0.862 e. The summed E-state index contributed by atoms with van der Waals surface area (Å²) in [5.41, 5.74) is -3.92. The van der Waals surface area contributed by atoms with Crippen LogP contribution in [0.15, 0.2) is 18.2 Å². The van der Waals surface area contributed by atoms with Crippen molar-refractivity contribution in [3.8, 4) is 0 Å². The molecule has 0 spiro atoms. The summed E-state index contributed by atoms with van der Waals surface area (Å²) in [4.78, 5) is 14.8. The average Bonchev–Trinajstić information content (AvgIpc) is 2.79. The van der Waals surface area contributed by atoms with Gasteiger partial charge in [-0.1, -0.05) is 13.8 Å². The first kappa shape index (κ1) is 29.2. The molecule has 2 aliphatic rings. The van der Waals surface area contributed by atoms with Crippen LogP contribution in [0.1, 0.15) is 49.8 Å². The molecule has 0 aliphatic carbocycles. The van der Waals surface area contributed by atoms with Crippen LogP contribution in [0.3, 0.4) is 0 Å². The lowest BCUT2D eigenvalue weighted by molar-refractivity contribution is -0.940. The fraction of sp³-hybridized carbons (Fsp3) is 0.680. The van der Waals surface area contributed by atoms with Gasteiger partial charge < -0.3 is 24.6 Å². The van der Waals surface area contributed by atoms with Gasteiger partial charge in [0, 0.05) is 36.9 Å². The molecule has 0 unspecified atom stereocenters. The standard InChI is InChI=1S/C25H33F6N3O3/c1-17(2)14-23(22(32)36)3-7-34(8-4-23,16-21(35)33-5-9-37-10-6-33)15-18-11-19(24(26,27)28)13-20(12-18)25(29,30)31/h11-13,17H,3-10,14-16H2,1-2H3,(H-,32,36). The number of carbonyl (C=O) groups is 1. The maximum absolute atomic E-state index is 13.5. The van der Waals surface area contributed by atoms with E-state index in [9.17, 15) is 36.2 Å². The normalized spacial score (nSPS) is 25.4. The van der Waals surface area contributed by atoms with Gasteiger partial charge in [-0.25, -0.2) is 0 Å². The number of amides is 1. The number of likely N-dealkylation sites (tertiary alicyclic amines) is 1. The van der Waals surface area contributed by atoms with Crippen LogP contribution in [0.2, 0.25) is 0 Å². The topological polar surface area (TPSA) is 76.5 Å². The Hall–Kier alpha value is -2.34. The lowest BCUT2D eigenvalue weighted by Crippen LogP contribution is -2.61. The molecule has 1 aromatic carbocycles. The molecule has 1 N–H and O–H groups in total. The third-order valence-corrected chi connectivity index (χ3v) is 7.41. The molecule has 0 radical (unpaired) electrons. The molecule has 1 aromatic rings. The number of nitrogens with zero attached hydrogens (tertiary/aromatic N) is 2. The molecule has 3 rings (SSSR count). The summed E-state index contributed by atoms with van der Waals surface area (Å²) >= 11 is 0. The first-order valence-electron chi connectivity index (χ1n) is 12.3. The number of ether oxygens (including phenoxy) is 1. The Kier molecular flexibility index (Phi) is 8.53. The highest BCUT2D eigenvalue weighted by atomic mass is 19.4. The third-order valence-electron chi connectivity index (χ3n) is 7.41.